The van der Waals surface area contributed by atoms with Gasteiger partial charge in [0.1, 0.15) is 24.2 Å². The lowest BCUT2D eigenvalue weighted by Gasteiger charge is -2.25. The van der Waals surface area contributed by atoms with E-state index in [-0.39, 0.29) is 25.2 Å². The lowest BCUT2D eigenvalue weighted by atomic mass is 10.0. The van der Waals surface area contributed by atoms with E-state index in [1.165, 1.54) is 76.6 Å². The number of unbranched alkanes of at least 4 members (excludes halogenated alkanes) is 14. The van der Waals surface area contributed by atoms with E-state index < -0.39 is 66.2 Å². The lowest BCUT2D eigenvalue weighted by Crippen LogP contribution is -2.57. The Labute approximate surface area is 352 Å². The highest BCUT2D eigenvalue weighted by atomic mass is 32.2. The summed E-state index contributed by atoms with van der Waals surface area (Å²) < 4.78 is 0. The van der Waals surface area contributed by atoms with Crippen molar-refractivity contribution in [2.75, 3.05) is 38.7 Å². The Hall–Kier alpha value is -3.44. The first-order valence-electron chi connectivity index (χ1n) is 21.8. The van der Waals surface area contributed by atoms with Crippen molar-refractivity contribution >= 4 is 53.1 Å². The molecule has 0 aromatic heterocycles. The molecular weight excluding hydrogens is 763 g/mol. The molecule has 7 amide bonds. The van der Waals surface area contributed by atoms with Crippen LogP contribution in [0.2, 0.25) is 0 Å². The van der Waals surface area contributed by atoms with E-state index in [1.807, 2.05) is 6.26 Å². The molecule has 0 fully saturated rings. The number of thioether (sulfide) groups is 1. The molecule has 0 aromatic carbocycles. The Kier molecular flexibility index (Phi) is 34.5. The number of nitrogens with two attached hydrogens (primary N) is 3. The molecule has 4 atom stereocenters. The molecule has 0 saturated carbocycles. The highest BCUT2D eigenvalue weighted by Crippen LogP contribution is 2.13. The monoisotopic (exact) mass is 842 g/mol. The number of rotatable bonds is 38. The quantitative estimate of drug-likeness (QED) is 0.0410. The van der Waals surface area contributed by atoms with E-state index in [2.05, 4.69) is 38.8 Å². The standard InChI is InChI=1S/C41H79N9O7S/c1-4-5-6-7-8-9-10-11-12-13-14-15-16-23-36(52)47-34(26-29-58-3)39(55)46-30-37(53)48-33(24-25-35(44)51)41(57)50-32(22-18-20-28-43)40(56)49-31(38(54)45-2)21-17-19-27-42/h31-34H,4-30,42-43H2,1-3H3,(H2,44,51)(H,45,54)(H,46,55)(H,47,52)(H,48,53)(H,49,56)(H,50,57)/t31-,32-,33-,34-/m0/s1. The van der Waals surface area contributed by atoms with Gasteiger partial charge in [0.25, 0.3) is 0 Å². The predicted octanol–water partition coefficient (Wildman–Crippen LogP) is 2.55. The third kappa shape index (κ3) is 28.9. The van der Waals surface area contributed by atoms with Crippen molar-refractivity contribution in [1.82, 2.24) is 31.9 Å². The molecule has 58 heavy (non-hydrogen) atoms. The molecule has 0 aliphatic heterocycles. The van der Waals surface area contributed by atoms with E-state index in [1.54, 1.807) is 0 Å². The maximum atomic E-state index is 13.5. The first kappa shape index (κ1) is 54.6. The van der Waals surface area contributed by atoms with Gasteiger partial charge >= 0.3 is 0 Å². The Morgan fingerprint density at radius 2 is 0.948 bits per heavy atom. The molecular formula is C41H79N9O7S. The first-order chi connectivity index (χ1) is 27.9. The van der Waals surface area contributed by atoms with Crippen LogP contribution in [0.1, 0.15) is 155 Å². The minimum atomic E-state index is -1.27. The minimum absolute atomic E-state index is 0.163. The topological polar surface area (TPSA) is 270 Å². The number of primary amides is 1. The van der Waals surface area contributed by atoms with Crippen molar-refractivity contribution < 1.29 is 33.6 Å². The number of amides is 7. The fraction of sp³-hybridized carbons (Fsp3) is 0.829. The summed E-state index contributed by atoms with van der Waals surface area (Å²) in [5.74, 6) is -3.29. The molecule has 12 N–H and O–H groups in total. The van der Waals surface area contributed by atoms with Crippen molar-refractivity contribution in [3.8, 4) is 0 Å². The second-order valence-electron chi connectivity index (χ2n) is 15.0. The van der Waals surface area contributed by atoms with Gasteiger partial charge in [-0.1, -0.05) is 84.0 Å². The van der Waals surface area contributed by atoms with Crippen LogP contribution in [-0.4, -0.2) is 104 Å². The van der Waals surface area contributed by atoms with Crippen LogP contribution >= 0.6 is 11.8 Å². The molecule has 0 bridgehead atoms. The zero-order valence-electron chi connectivity index (χ0n) is 35.9. The number of hydrogen-bond donors (Lipinski definition) is 9. The zero-order chi connectivity index (χ0) is 43.4. The SMILES string of the molecule is CCCCCCCCCCCCCCCC(=O)N[C@@H](CCSC)C(=O)NCC(=O)N[C@@H](CCC(N)=O)C(=O)N[C@@H](CCCCN)C(=O)N[C@@H](CCCCN)C(=O)NC. The van der Waals surface area contributed by atoms with Gasteiger partial charge in [-0.15, -0.1) is 0 Å². The molecule has 0 rings (SSSR count). The summed E-state index contributed by atoms with van der Waals surface area (Å²) in [6, 6.07) is -4.04. The Morgan fingerprint density at radius 1 is 0.500 bits per heavy atom. The minimum Gasteiger partial charge on any atom is -0.370 e. The Bertz CT molecular complexity index is 1180. The molecule has 0 spiro atoms. The molecule has 0 aliphatic carbocycles. The number of hydrogen-bond acceptors (Lipinski definition) is 10. The zero-order valence-corrected chi connectivity index (χ0v) is 36.7. The summed E-state index contributed by atoms with van der Waals surface area (Å²) in [4.78, 5) is 90.1. The summed E-state index contributed by atoms with van der Waals surface area (Å²) in [6.45, 7) is 2.54. The van der Waals surface area contributed by atoms with Crippen molar-refractivity contribution in [1.29, 1.82) is 0 Å². The van der Waals surface area contributed by atoms with Gasteiger partial charge in [0.05, 0.1) is 6.54 Å². The summed E-state index contributed by atoms with van der Waals surface area (Å²) in [5, 5.41) is 15.8. The number of likely N-dealkylation sites (N-methyl/N-ethyl adjacent to an activating group) is 1. The van der Waals surface area contributed by atoms with Crippen molar-refractivity contribution in [3.05, 3.63) is 0 Å². The third-order valence-corrected chi connectivity index (χ3v) is 10.6. The van der Waals surface area contributed by atoms with Crippen LogP contribution in [0.15, 0.2) is 0 Å². The van der Waals surface area contributed by atoms with Gasteiger partial charge in [0, 0.05) is 19.9 Å². The highest BCUT2D eigenvalue weighted by Gasteiger charge is 2.30. The van der Waals surface area contributed by atoms with Crippen molar-refractivity contribution in [2.45, 2.75) is 179 Å². The maximum Gasteiger partial charge on any atom is 0.243 e. The fourth-order valence-corrected chi connectivity index (χ4v) is 6.88. The molecule has 0 saturated heterocycles. The van der Waals surface area contributed by atoms with Crippen molar-refractivity contribution in [2.24, 2.45) is 17.2 Å². The van der Waals surface area contributed by atoms with Crippen LogP contribution in [0.25, 0.3) is 0 Å². The van der Waals surface area contributed by atoms with Gasteiger partial charge in [-0.25, -0.2) is 0 Å². The third-order valence-electron chi connectivity index (χ3n) is 9.93. The summed E-state index contributed by atoms with van der Waals surface area (Å²) in [7, 11) is 1.46. The molecule has 0 aliphatic rings. The second-order valence-corrected chi connectivity index (χ2v) is 16.0. The highest BCUT2D eigenvalue weighted by molar-refractivity contribution is 7.98. The predicted molar refractivity (Wildman–Crippen MR) is 232 cm³/mol. The molecule has 16 nitrogen and oxygen atoms in total. The Balaban J connectivity index is 5.23. The van der Waals surface area contributed by atoms with Gasteiger partial charge in [0.2, 0.25) is 41.4 Å². The van der Waals surface area contributed by atoms with Gasteiger partial charge in [-0.3, -0.25) is 33.6 Å². The first-order valence-corrected chi connectivity index (χ1v) is 23.2. The van der Waals surface area contributed by atoms with Gasteiger partial charge in [0.15, 0.2) is 0 Å². The van der Waals surface area contributed by atoms with Crippen LogP contribution < -0.4 is 49.1 Å². The van der Waals surface area contributed by atoms with E-state index in [0.29, 0.717) is 63.8 Å². The van der Waals surface area contributed by atoms with E-state index in [0.717, 1.165) is 25.7 Å². The molecule has 0 unspecified atom stereocenters. The van der Waals surface area contributed by atoms with E-state index in [4.69, 9.17) is 17.2 Å². The molecule has 17 heteroatoms. The maximum absolute atomic E-state index is 13.5. The molecule has 336 valence electrons. The van der Waals surface area contributed by atoms with Gasteiger partial charge in [-0.05, 0) is 82.9 Å². The van der Waals surface area contributed by atoms with Crippen LogP contribution in [0.5, 0.6) is 0 Å². The van der Waals surface area contributed by atoms with Gasteiger partial charge in [-0.2, -0.15) is 11.8 Å². The van der Waals surface area contributed by atoms with Crippen LogP contribution in [0.3, 0.4) is 0 Å². The van der Waals surface area contributed by atoms with Crippen LogP contribution in [0, 0.1) is 0 Å². The summed E-state index contributed by atoms with van der Waals surface area (Å²) in [5.41, 5.74) is 16.6. The average molecular weight is 842 g/mol. The average Bonchev–Trinajstić information content (AvgIpc) is 3.20. The van der Waals surface area contributed by atoms with E-state index >= 15 is 0 Å². The van der Waals surface area contributed by atoms with Crippen LogP contribution in [-0.2, 0) is 33.6 Å². The number of carbonyl (C=O) groups is 7. The van der Waals surface area contributed by atoms with E-state index in [9.17, 15) is 33.6 Å². The normalized spacial score (nSPS) is 13.1. The van der Waals surface area contributed by atoms with Gasteiger partial charge < -0.3 is 49.1 Å². The van der Waals surface area contributed by atoms with Crippen LogP contribution in [0.4, 0.5) is 0 Å². The largest absolute Gasteiger partial charge is 0.370 e. The number of nitrogens with one attached hydrogen (secondary N) is 6. The van der Waals surface area contributed by atoms with Crippen molar-refractivity contribution in [3.63, 3.8) is 0 Å². The Morgan fingerprint density at radius 3 is 1.41 bits per heavy atom. The summed E-state index contributed by atoms with van der Waals surface area (Å²) >= 11 is 1.53. The number of carbonyl (C=O) groups excluding carboxylic acids is 7. The summed E-state index contributed by atoms with van der Waals surface area (Å²) in [6.07, 6.45) is 20.6. The molecule has 0 aromatic rings. The fourth-order valence-electron chi connectivity index (χ4n) is 6.41. The smallest absolute Gasteiger partial charge is 0.243 e. The molecule has 0 heterocycles. The molecule has 0 radical (unpaired) electrons. The lowest BCUT2D eigenvalue weighted by molar-refractivity contribution is -0.134. The second kappa shape index (κ2) is 36.6.